The average molecular weight is 637 g/mol. The number of hydrogen-bond acceptors (Lipinski definition) is 10. The van der Waals surface area contributed by atoms with Crippen molar-refractivity contribution < 1.29 is 34.0 Å². The van der Waals surface area contributed by atoms with Gasteiger partial charge >= 0.3 is 5.97 Å². The van der Waals surface area contributed by atoms with Gasteiger partial charge in [-0.1, -0.05) is 38.1 Å². The number of aliphatic hydroxyl groups is 1. The molecule has 0 saturated heterocycles. The monoisotopic (exact) mass is 636 g/mol. The number of aliphatic hydroxyl groups excluding tert-OH is 1. The highest BCUT2D eigenvalue weighted by Gasteiger charge is 2.19. The summed E-state index contributed by atoms with van der Waals surface area (Å²) in [7, 11) is 0. The number of rotatable bonds is 12. The Hall–Kier alpha value is -5.62. The first-order valence-corrected chi connectivity index (χ1v) is 15.1. The van der Waals surface area contributed by atoms with Crippen LogP contribution >= 0.6 is 0 Å². The van der Waals surface area contributed by atoms with Crippen LogP contribution in [0.1, 0.15) is 47.2 Å². The molecule has 0 radical (unpaired) electrons. The molecule has 0 aliphatic carbocycles. The van der Waals surface area contributed by atoms with Gasteiger partial charge in [-0.25, -0.2) is 0 Å². The molecule has 1 aromatic heterocycles. The number of nitrogens with zero attached hydrogens (tertiary/aromatic N) is 3. The third-order valence-corrected chi connectivity index (χ3v) is 7.19. The Bertz CT molecular complexity index is 1800. The van der Waals surface area contributed by atoms with Crippen LogP contribution in [0.15, 0.2) is 67.0 Å². The second kappa shape index (κ2) is 16.6. The quantitative estimate of drug-likeness (QED) is 0.185. The van der Waals surface area contributed by atoms with Crippen molar-refractivity contribution in [2.24, 2.45) is 0 Å². The predicted octanol–water partition coefficient (Wildman–Crippen LogP) is 5.29. The first-order chi connectivity index (χ1) is 22.9. The molecular formula is C36H36N4O7. The second-order valence-electron chi connectivity index (χ2n) is 10.3. The van der Waals surface area contributed by atoms with E-state index in [2.05, 4.69) is 22.4 Å². The fourth-order valence-electron chi connectivity index (χ4n) is 4.87. The second-order valence-corrected chi connectivity index (χ2v) is 10.3. The molecule has 0 amide bonds. The fourth-order valence-corrected chi connectivity index (χ4v) is 4.87. The Morgan fingerprint density at radius 1 is 0.957 bits per heavy atom. The molecule has 3 N–H and O–H groups in total. The summed E-state index contributed by atoms with van der Waals surface area (Å²) < 4.78 is 23.7. The number of aryl methyl sites for hydroxylation is 1. The van der Waals surface area contributed by atoms with Crippen LogP contribution in [0.5, 0.6) is 23.0 Å². The smallest absolute Gasteiger partial charge is 0.323 e. The average Bonchev–Trinajstić information content (AvgIpc) is 3.11. The van der Waals surface area contributed by atoms with E-state index in [4.69, 9.17) is 18.9 Å². The van der Waals surface area contributed by atoms with Crippen molar-refractivity contribution in [2.45, 2.75) is 46.6 Å². The third kappa shape index (κ3) is 8.56. The van der Waals surface area contributed by atoms with Crippen LogP contribution in [0.2, 0.25) is 0 Å². The van der Waals surface area contributed by atoms with Crippen molar-refractivity contribution in [1.82, 2.24) is 10.3 Å². The van der Waals surface area contributed by atoms with E-state index in [-0.39, 0.29) is 19.8 Å². The summed E-state index contributed by atoms with van der Waals surface area (Å²) >= 11 is 0. The molecule has 11 heteroatoms. The van der Waals surface area contributed by atoms with Crippen LogP contribution in [0.3, 0.4) is 0 Å². The number of nitrogens with one attached hydrogen (secondary N) is 1. The molecule has 0 spiro atoms. The summed E-state index contributed by atoms with van der Waals surface area (Å²) in [5, 5.41) is 41.0. The minimum absolute atomic E-state index is 0.0938. The van der Waals surface area contributed by atoms with Gasteiger partial charge in [0.25, 0.3) is 0 Å². The SMILES string of the molecule is CC.Cc1cc(CN[C@@H](CO)C(=O)O)c(OCc2cncc(C#N)c2)cc1OCc1cccc(-c2ccc3c(c2)OCCO3)c1C#N. The van der Waals surface area contributed by atoms with E-state index in [0.717, 1.165) is 16.7 Å². The highest BCUT2D eigenvalue weighted by Crippen LogP contribution is 2.37. The lowest BCUT2D eigenvalue weighted by molar-refractivity contribution is -0.140. The fraction of sp³-hybridized carbons (Fsp3) is 0.278. The van der Waals surface area contributed by atoms with Crippen molar-refractivity contribution in [3.05, 3.63) is 100 Å². The first-order valence-electron chi connectivity index (χ1n) is 15.1. The Balaban J connectivity index is 0.00000245. The molecular weight excluding hydrogens is 600 g/mol. The Morgan fingerprint density at radius 3 is 2.45 bits per heavy atom. The number of fused-ring (bicyclic) bond motifs is 1. The lowest BCUT2D eigenvalue weighted by Gasteiger charge is -2.20. The molecule has 11 nitrogen and oxygen atoms in total. The van der Waals surface area contributed by atoms with E-state index >= 15 is 0 Å². The molecule has 1 atom stereocenters. The summed E-state index contributed by atoms with van der Waals surface area (Å²) in [6.45, 7) is 6.50. The Labute approximate surface area is 273 Å². The van der Waals surface area contributed by atoms with Gasteiger partial charge < -0.3 is 29.2 Å². The summed E-state index contributed by atoms with van der Waals surface area (Å²) in [6.07, 6.45) is 3.05. The molecule has 242 valence electrons. The number of benzene rings is 3. The highest BCUT2D eigenvalue weighted by atomic mass is 16.6. The van der Waals surface area contributed by atoms with E-state index in [0.29, 0.717) is 64.0 Å². The van der Waals surface area contributed by atoms with Gasteiger partial charge in [0.05, 0.1) is 17.7 Å². The summed E-state index contributed by atoms with van der Waals surface area (Å²) in [6, 6.07) is 19.6. The third-order valence-electron chi connectivity index (χ3n) is 7.19. The van der Waals surface area contributed by atoms with Crippen LogP contribution in [0, 0.1) is 29.6 Å². The molecule has 0 unspecified atom stereocenters. The number of carboxylic acids is 1. The number of ether oxygens (including phenoxy) is 4. The van der Waals surface area contributed by atoms with Gasteiger partial charge in [-0.05, 0) is 47.9 Å². The van der Waals surface area contributed by atoms with E-state index in [9.17, 15) is 25.5 Å². The van der Waals surface area contributed by atoms with Gasteiger partial charge in [-0.15, -0.1) is 0 Å². The number of nitriles is 2. The van der Waals surface area contributed by atoms with Gasteiger partial charge in [-0.2, -0.15) is 10.5 Å². The van der Waals surface area contributed by atoms with Crippen molar-refractivity contribution in [3.8, 4) is 46.3 Å². The standard InChI is InChI=1S/C34H30N4O7.C2H6/c1-21-9-26(17-38-29(18-39)34(40)41)32(44-19-23-10-22(13-35)15-37-16-23)12-31(21)45-20-25-3-2-4-27(28(25)14-36)24-5-6-30-33(11-24)43-8-7-42-30;1-2/h2-6,9-12,15-16,29,38-39H,7-8,17-20H2,1H3,(H,40,41);1-2H3/t29-;/m0./s1. The number of aliphatic carboxylic acids is 1. The molecule has 2 heterocycles. The van der Waals surface area contributed by atoms with E-state index < -0.39 is 18.6 Å². The molecule has 4 aromatic rings. The van der Waals surface area contributed by atoms with Crippen LogP contribution < -0.4 is 24.3 Å². The van der Waals surface area contributed by atoms with Gasteiger partial charge in [0, 0.05) is 41.7 Å². The van der Waals surface area contributed by atoms with Crippen molar-refractivity contribution in [2.75, 3.05) is 19.8 Å². The molecule has 3 aromatic carbocycles. The summed E-state index contributed by atoms with van der Waals surface area (Å²) in [5.74, 6) is 1.04. The lowest BCUT2D eigenvalue weighted by Crippen LogP contribution is -2.39. The normalized spacial score (nSPS) is 12.0. The minimum Gasteiger partial charge on any atom is -0.488 e. The van der Waals surface area contributed by atoms with E-state index in [1.165, 1.54) is 6.20 Å². The minimum atomic E-state index is -1.18. The Kier molecular flexibility index (Phi) is 12.1. The zero-order valence-electron chi connectivity index (χ0n) is 26.4. The lowest BCUT2D eigenvalue weighted by atomic mass is 9.96. The van der Waals surface area contributed by atoms with Crippen LogP contribution in [0.25, 0.3) is 11.1 Å². The molecule has 47 heavy (non-hydrogen) atoms. The van der Waals surface area contributed by atoms with Crippen molar-refractivity contribution in [3.63, 3.8) is 0 Å². The Morgan fingerprint density at radius 2 is 1.72 bits per heavy atom. The van der Waals surface area contributed by atoms with Gasteiger partial charge in [0.2, 0.25) is 0 Å². The van der Waals surface area contributed by atoms with Crippen LogP contribution in [0.4, 0.5) is 0 Å². The van der Waals surface area contributed by atoms with E-state index in [1.54, 1.807) is 18.3 Å². The van der Waals surface area contributed by atoms with Gasteiger partial charge in [0.1, 0.15) is 56.1 Å². The molecule has 1 aliphatic rings. The maximum Gasteiger partial charge on any atom is 0.323 e. The number of hydrogen-bond donors (Lipinski definition) is 3. The van der Waals surface area contributed by atoms with Gasteiger partial charge in [-0.3, -0.25) is 15.1 Å². The van der Waals surface area contributed by atoms with Crippen LogP contribution in [-0.2, 0) is 24.6 Å². The molecule has 5 rings (SSSR count). The van der Waals surface area contributed by atoms with Gasteiger partial charge in [0.15, 0.2) is 11.5 Å². The van der Waals surface area contributed by atoms with Crippen molar-refractivity contribution in [1.29, 1.82) is 10.5 Å². The summed E-state index contributed by atoms with van der Waals surface area (Å²) in [4.78, 5) is 15.5. The topological polar surface area (TPSA) is 167 Å². The van der Waals surface area contributed by atoms with Crippen molar-refractivity contribution >= 4 is 5.97 Å². The zero-order valence-corrected chi connectivity index (χ0v) is 26.4. The van der Waals surface area contributed by atoms with E-state index in [1.807, 2.05) is 63.2 Å². The number of pyridine rings is 1. The first kappa shape index (κ1) is 34.3. The number of carbonyl (C=O) groups is 1. The zero-order chi connectivity index (χ0) is 33.8. The largest absolute Gasteiger partial charge is 0.488 e. The number of carboxylic acid groups (broad SMARTS) is 1. The maximum absolute atomic E-state index is 11.4. The molecule has 0 fully saturated rings. The highest BCUT2D eigenvalue weighted by molar-refractivity contribution is 5.74. The molecule has 0 bridgehead atoms. The summed E-state index contributed by atoms with van der Waals surface area (Å²) in [5.41, 5.74) is 5.17. The van der Waals surface area contributed by atoms with Crippen LogP contribution in [-0.4, -0.2) is 47.0 Å². The number of aromatic nitrogens is 1. The maximum atomic E-state index is 11.4. The molecule has 0 saturated carbocycles. The predicted molar refractivity (Wildman–Crippen MR) is 173 cm³/mol. The molecule has 1 aliphatic heterocycles.